The number of carbonyl (C=O) groups excluding carboxylic acids is 2. The number of likely N-dealkylation sites (tertiary alicyclic amines) is 1. The molecule has 1 aliphatic heterocycles. The molecular formula is C30H31N5O6S. The number of rotatable bonds is 9. The molecule has 2 amide bonds. The molecule has 5 rings (SSSR count). The van der Waals surface area contributed by atoms with Crippen molar-refractivity contribution in [2.75, 3.05) is 24.3 Å². The van der Waals surface area contributed by atoms with Crippen molar-refractivity contribution in [1.29, 1.82) is 0 Å². The molecule has 2 aromatic heterocycles. The number of nitrogens with one attached hydrogen (secondary N) is 2. The van der Waals surface area contributed by atoms with Gasteiger partial charge in [0.15, 0.2) is 5.13 Å². The van der Waals surface area contributed by atoms with Crippen molar-refractivity contribution < 1.29 is 29.0 Å². The number of benzene rings is 2. The van der Waals surface area contributed by atoms with Gasteiger partial charge in [0.2, 0.25) is 5.91 Å². The Morgan fingerprint density at radius 2 is 1.88 bits per heavy atom. The van der Waals surface area contributed by atoms with Crippen LogP contribution in [0.5, 0.6) is 11.5 Å². The van der Waals surface area contributed by atoms with Crippen LogP contribution in [0.25, 0.3) is 22.3 Å². The normalized spacial score (nSPS) is 16.5. The molecule has 1 aliphatic rings. The summed E-state index contributed by atoms with van der Waals surface area (Å²) < 4.78 is 11.8. The highest BCUT2D eigenvalue weighted by Gasteiger charge is 2.42. The smallest absolute Gasteiger partial charge is 0.326 e. The van der Waals surface area contributed by atoms with Gasteiger partial charge in [-0.25, -0.2) is 14.8 Å². The maximum atomic E-state index is 13.6. The lowest BCUT2D eigenvalue weighted by Crippen LogP contribution is -2.41. The van der Waals surface area contributed by atoms with Crippen molar-refractivity contribution in [1.82, 2.24) is 14.9 Å². The monoisotopic (exact) mass is 589 g/mol. The Hall–Kier alpha value is -4.71. The van der Waals surface area contributed by atoms with Crippen LogP contribution in [0.3, 0.4) is 0 Å². The minimum Gasteiger partial charge on any atom is -0.497 e. The highest BCUT2D eigenvalue weighted by Crippen LogP contribution is 2.36. The molecule has 3 heterocycles. The number of carbonyl (C=O) groups is 3. The van der Waals surface area contributed by atoms with Gasteiger partial charge in [-0.2, -0.15) is 0 Å². The lowest BCUT2D eigenvalue weighted by atomic mass is 10.1. The average molecular weight is 590 g/mol. The lowest BCUT2D eigenvalue weighted by molar-refractivity contribution is -0.141. The minimum atomic E-state index is -1.14. The van der Waals surface area contributed by atoms with E-state index < -0.39 is 24.0 Å². The number of thiazole rings is 1. The van der Waals surface area contributed by atoms with Crippen LogP contribution in [0.4, 0.5) is 10.8 Å². The van der Waals surface area contributed by atoms with Crippen LogP contribution < -0.4 is 20.1 Å². The molecular weight excluding hydrogens is 558 g/mol. The number of fused-ring (bicyclic) bond motifs is 1. The zero-order valence-electron chi connectivity index (χ0n) is 23.6. The molecule has 3 N–H and O–H groups in total. The Morgan fingerprint density at radius 3 is 2.60 bits per heavy atom. The summed E-state index contributed by atoms with van der Waals surface area (Å²) in [6, 6.07) is 12.9. The van der Waals surface area contributed by atoms with Crippen molar-refractivity contribution in [3.63, 3.8) is 0 Å². The quantitative estimate of drug-likeness (QED) is 0.249. The fourth-order valence-electron chi connectivity index (χ4n) is 4.88. The van der Waals surface area contributed by atoms with E-state index in [1.807, 2.05) is 25.3 Å². The van der Waals surface area contributed by atoms with Gasteiger partial charge in [0.1, 0.15) is 29.3 Å². The minimum absolute atomic E-state index is 0.0403. The lowest BCUT2D eigenvalue weighted by Gasteiger charge is -2.22. The Labute approximate surface area is 246 Å². The predicted molar refractivity (Wildman–Crippen MR) is 160 cm³/mol. The fourth-order valence-corrected chi connectivity index (χ4v) is 5.73. The number of methoxy groups -OCH3 is 1. The molecule has 12 heteroatoms. The number of nitrogens with zero attached hydrogens (tertiary/aromatic N) is 3. The van der Waals surface area contributed by atoms with Gasteiger partial charge >= 0.3 is 5.97 Å². The Kier molecular flexibility index (Phi) is 8.25. The maximum Gasteiger partial charge on any atom is 0.326 e. The van der Waals surface area contributed by atoms with Gasteiger partial charge in [0.25, 0.3) is 5.91 Å². The standard InChI is InChI=1S/C30H31N5O6S/c1-16(2)31-30-34-25(15-42-30)24-13-27(20-10-9-18(40-4)11-23(20)33-24)41-19-12-26(29(38)39)35(14-19)28(37)21-7-5-6-8-22(21)32-17(3)36/h5-11,13,15-16,19,26H,12,14H2,1-4H3,(H,31,34)(H,32,36)(H,38,39)/t19-,26+/m1/s1. The van der Waals surface area contributed by atoms with Crippen molar-refractivity contribution in [2.24, 2.45) is 0 Å². The zero-order chi connectivity index (χ0) is 30.0. The molecule has 0 radical (unpaired) electrons. The molecule has 4 aromatic rings. The summed E-state index contributed by atoms with van der Waals surface area (Å²) in [6.45, 7) is 5.45. The largest absolute Gasteiger partial charge is 0.497 e. The summed E-state index contributed by atoms with van der Waals surface area (Å²) in [6.07, 6.45) is -0.533. The van der Waals surface area contributed by atoms with E-state index >= 15 is 0 Å². The summed E-state index contributed by atoms with van der Waals surface area (Å²) >= 11 is 1.47. The Bertz CT molecular complexity index is 1650. The highest BCUT2D eigenvalue weighted by atomic mass is 32.1. The number of para-hydroxylation sites is 1. The first-order valence-electron chi connectivity index (χ1n) is 13.4. The molecule has 218 valence electrons. The van der Waals surface area contributed by atoms with Crippen LogP contribution >= 0.6 is 11.3 Å². The first-order valence-corrected chi connectivity index (χ1v) is 14.3. The van der Waals surface area contributed by atoms with Crippen LogP contribution in [0.1, 0.15) is 37.6 Å². The molecule has 0 saturated carbocycles. The van der Waals surface area contributed by atoms with Gasteiger partial charge in [-0.3, -0.25) is 9.59 Å². The van der Waals surface area contributed by atoms with Crippen LogP contribution in [0, 0.1) is 0 Å². The van der Waals surface area contributed by atoms with E-state index in [4.69, 9.17) is 14.5 Å². The summed E-state index contributed by atoms with van der Waals surface area (Å²) in [4.78, 5) is 48.3. The number of ether oxygens (including phenoxy) is 2. The van der Waals surface area contributed by atoms with Gasteiger partial charge in [0, 0.05) is 42.3 Å². The molecule has 0 bridgehead atoms. The Morgan fingerprint density at radius 1 is 1.10 bits per heavy atom. The first-order chi connectivity index (χ1) is 20.1. The number of carboxylic acids is 1. The number of pyridine rings is 1. The number of hydrogen-bond donors (Lipinski definition) is 3. The van der Waals surface area contributed by atoms with Gasteiger partial charge in [-0.1, -0.05) is 12.1 Å². The summed E-state index contributed by atoms with van der Waals surface area (Å²) in [5.41, 5.74) is 2.40. The van der Waals surface area contributed by atoms with E-state index in [9.17, 15) is 19.5 Å². The van der Waals surface area contributed by atoms with E-state index in [1.54, 1.807) is 49.6 Å². The summed E-state index contributed by atoms with van der Waals surface area (Å²) in [5, 5.41) is 19.3. The van der Waals surface area contributed by atoms with Crippen LogP contribution in [0.15, 0.2) is 53.9 Å². The molecule has 0 spiro atoms. The second kappa shape index (κ2) is 12.0. The SMILES string of the molecule is COc1ccc2c(O[C@@H]3C[C@@H](C(=O)O)N(C(=O)c4ccccc4NC(C)=O)C3)cc(-c3csc(NC(C)C)n3)nc2c1. The molecule has 2 atom stereocenters. The van der Waals surface area contributed by atoms with Gasteiger partial charge in [-0.05, 0) is 38.1 Å². The fraction of sp³-hybridized carbons (Fsp3) is 0.300. The van der Waals surface area contributed by atoms with E-state index in [2.05, 4.69) is 15.6 Å². The maximum absolute atomic E-state index is 13.6. The number of anilines is 2. The van der Waals surface area contributed by atoms with Crippen molar-refractivity contribution >= 4 is 50.8 Å². The highest BCUT2D eigenvalue weighted by molar-refractivity contribution is 7.14. The van der Waals surface area contributed by atoms with Crippen LogP contribution in [-0.4, -0.2) is 69.6 Å². The second-order valence-electron chi connectivity index (χ2n) is 10.2. The third kappa shape index (κ3) is 6.13. The second-order valence-corrected chi connectivity index (χ2v) is 11.1. The van der Waals surface area contributed by atoms with Crippen molar-refractivity contribution in [3.05, 3.63) is 59.5 Å². The van der Waals surface area contributed by atoms with Gasteiger partial charge in [0.05, 0.1) is 36.1 Å². The third-order valence-corrected chi connectivity index (χ3v) is 7.50. The zero-order valence-corrected chi connectivity index (χ0v) is 24.4. The molecule has 2 aromatic carbocycles. The number of carboxylic acid groups (broad SMARTS) is 1. The van der Waals surface area contributed by atoms with Gasteiger partial charge < -0.3 is 30.1 Å². The first kappa shape index (κ1) is 28.8. The number of amides is 2. The summed E-state index contributed by atoms with van der Waals surface area (Å²) in [7, 11) is 1.58. The van der Waals surface area contributed by atoms with Crippen LogP contribution in [-0.2, 0) is 9.59 Å². The average Bonchev–Trinajstić information content (AvgIpc) is 3.59. The molecule has 0 unspecified atom stereocenters. The van der Waals surface area contributed by atoms with Gasteiger partial charge in [-0.15, -0.1) is 11.3 Å². The van der Waals surface area contributed by atoms with E-state index in [1.165, 1.54) is 23.2 Å². The molecule has 1 fully saturated rings. The number of aromatic nitrogens is 2. The summed E-state index contributed by atoms with van der Waals surface area (Å²) in [5.74, 6) is -0.859. The number of aliphatic carboxylic acids is 1. The molecule has 11 nitrogen and oxygen atoms in total. The van der Waals surface area contributed by atoms with Crippen molar-refractivity contribution in [2.45, 2.75) is 45.4 Å². The predicted octanol–water partition coefficient (Wildman–Crippen LogP) is 4.89. The molecule has 1 saturated heterocycles. The van der Waals surface area contributed by atoms with E-state index in [0.717, 1.165) is 5.13 Å². The third-order valence-electron chi connectivity index (χ3n) is 6.73. The van der Waals surface area contributed by atoms with E-state index in [0.29, 0.717) is 39.5 Å². The molecule has 42 heavy (non-hydrogen) atoms. The van der Waals surface area contributed by atoms with Crippen LogP contribution in [0.2, 0.25) is 0 Å². The topological polar surface area (TPSA) is 143 Å². The Balaban J connectivity index is 1.47. The van der Waals surface area contributed by atoms with Crippen molar-refractivity contribution in [3.8, 4) is 22.9 Å². The molecule has 0 aliphatic carbocycles. The van der Waals surface area contributed by atoms with E-state index in [-0.39, 0.29) is 30.5 Å². The number of hydrogen-bond acceptors (Lipinski definition) is 9.